The summed E-state index contributed by atoms with van der Waals surface area (Å²) in [5.41, 5.74) is 0.522. The molecule has 2 aromatic rings. The number of carbonyl (C=O) groups excluding carboxylic acids is 1. The van der Waals surface area contributed by atoms with Crippen LogP contribution in [0, 0.1) is 5.82 Å². The second kappa shape index (κ2) is 8.07. The maximum atomic E-state index is 13.6. The number of nitrogens with zero attached hydrogens (tertiary/aromatic N) is 2. The lowest BCUT2D eigenvalue weighted by Crippen LogP contribution is -2.25. The third-order valence-corrected chi connectivity index (χ3v) is 3.07. The number of aromatic nitrogens is 2. The number of carbonyl (C=O) groups is 1. The highest BCUT2D eigenvalue weighted by molar-refractivity contribution is 5.92. The Hall–Kier alpha value is -2.50. The fourth-order valence-corrected chi connectivity index (χ4v) is 1.90. The molecule has 2 N–H and O–H groups in total. The van der Waals surface area contributed by atoms with Crippen LogP contribution in [0.15, 0.2) is 36.5 Å². The van der Waals surface area contributed by atoms with Crippen molar-refractivity contribution in [3.05, 3.63) is 48.0 Å². The molecule has 0 bridgehead atoms. The van der Waals surface area contributed by atoms with E-state index in [9.17, 15) is 9.18 Å². The Bertz CT molecular complexity index is 633. The van der Waals surface area contributed by atoms with Gasteiger partial charge < -0.3 is 10.6 Å². The van der Waals surface area contributed by atoms with Crippen molar-refractivity contribution >= 4 is 17.5 Å². The average Bonchev–Trinajstić information content (AvgIpc) is 2.54. The molecule has 1 amide bonds. The molecule has 1 heterocycles. The Labute approximate surface area is 129 Å². The topological polar surface area (TPSA) is 66.9 Å². The lowest BCUT2D eigenvalue weighted by atomic mass is 10.2. The van der Waals surface area contributed by atoms with Crippen molar-refractivity contribution in [3.63, 3.8) is 0 Å². The number of hydrogen-bond acceptors (Lipinski definition) is 4. The minimum atomic E-state index is -0.402. The predicted octanol–water partition coefficient (Wildman–Crippen LogP) is 3.28. The van der Waals surface area contributed by atoms with Crippen molar-refractivity contribution in [2.75, 3.05) is 11.9 Å². The summed E-state index contributed by atoms with van der Waals surface area (Å²) in [7, 11) is 0. The quantitative estimate of drug-likeness (QED) is 0.770. The van der Waals surface area contributed by atoms with E-state index in [0.717, 1.165) is 19.3 Å². The molecule has 1 aromatic carbocycles. The van der Waals surface area contributed by atoms with Crippen LogP contribution in [0.1, 0.15) is 36.7 Å². The van der Waals surface area contributed by atoms with Gasteiger partial charge in [-0.25, -0.2) is 14.4 Å². The van der Waals surface area contributed by atoms with Crippen molar-refractivity contribution < 1.29 is 9.18 Å². The van der Waals surface area contributed by atoms with E-state index < -0.39 is 5.82 Å². The largest absolute Gasteiger partial charge is 0.351 e. The van der Waals surface area contributed by atoms with Gasteiger partial charge in [-0.2, -0.15) is 0 Å². The third kappa shape index (κ3) is 4.51. The first-order valence-electron chi connectivity index (χ1n) is 7.33. The van der Waals surface area contributed by atoms with Gasteiger partial charge in [-0.15, -0.1) is 0 Å². The SMILES string of the molecule is CCCCCNC(=O)c1ccnc(Nc2ccccc2F)n1. The molecule has 5 nitrogen and oxygen atoms in total. The molecule has 0 saturated carbocycles. The Morgan fingerprint density at radius 1 is 1.23 bits per heavy atom. The lowest BCUT2D eigenvalue weighted by molar-refractivity contribution is 0.0948. The van der Waals surface area contributed by atoms with Crippen molar-refractivity contribution in [1.82, 2.24) is 15.3 Å². The molecule has 0 aliphatic heterocycles. The van der Waals surface area contributed by atoms with Gasteiger partial charge in [-0.05, 0) is 24.6 Å². The Morgan fingerprint density at radius 2 is 2.05 bits per heavy atom. The molecule has 0 fully saturated rings. The van der Waals surface area contributed by atoms with E-state index in [1.807, 2.05) is 0 Å². The van der Waals surface area contributed by atoms with E-state index in [-0.39, 0.29) is 23.2 Å². The number of nitrogens with one attached hydrogen (secondary N) is 2. The number of rotatable bonds is 7. The van der Waals surface area contributed by atoms with Crippen LogP contribution in [-0.2, 0) is 0 Å². The summed E-state index contributed by atoms with van der Waals surface area (Å²) in [6, 6.07) is 7.75. The van der Waals surface area contributed by atoms with E-state index >= 15 is 0 Å². The zero-order chi connectivity index (χ0) is 15.8. The zero-order valence-electron chi connectivity index (χ0n) is 12.5. The average molecular weight is 302 g/mol. The van der Waals surface area contributed by atoms with Crippen LogP contribution in [0.25, 0.3) is 0 Å². The van der Waals surface area contributed by atoms with Crippen LogP contribution in [-0.4, -0.2) is 22.4 Å². The summed E-state index contributed by atoms with van der Waals surface area (Å²) in [4.78, 5) is 20.1. The van der Waals surface area contributed by atoms with Gasteiger partial charge >= 0.3 is 0 Å². The van der Waals surface area contributed by atoms with Gasteiger partial charge in [0.15, 0.2) is 0 Å². The fraction of sp³-hybridized carbons (Fsp3) is 0.312. The molecule has 0 atom stereocenters. The number of amides is 1. The summed E-state index contributed by atoms with van der Waals surface area (Å²) < 4.78 is 13.6. The first kappa shape index (κ1) is 15.9. The summed E-state index contributed by atoms with van der Waals surface area (Å²) in [6.45, 7) is 2.72. The van der Waals surface area contributed by atoms with Gasteiger partial charge in [0.05, 0.1) is 5.69 Å². The smallest absolute Gasteiger partial charge is 0.270 e. The maximum Gasteiger partial charge on any atom is 0.270 e. The molecule has 0 aliphatic carbocycles. The van der Waals surface area contributed by atoms with Crippen LogP contribution in [0.4, 0.5) is 16.0 Å². The van der Waals surface area contributed by atoms with E-state index in [4.69, 9.17) is 0 Å². The number of halogens is 1. The number of anilines is 2. The Kier molecular flexibility index (Phi) is 5.82. The highest BCUT2D eigenvalue weighted by Crippen LogP contribution is 2.16. The van der Waals surface area contributed by atoms with Crippen molar-refractivity contribution in [2.24, 2.45) is 0 Å². The summed E-state index contributed by atoms with van der Waals surface area (Å²) in [5, 5.41) is 5.57. The van der Waals surface area contributed by atoms with Crippen LogP contribution in [0.5, 0.6) is 0 Å². The van der Waals surface area contributed by atoms with E-state index in [1.165, 1.54) is 18.3 Å². The second-order valence-electron chi connectivity index (χ2n) is 4.83. The van der Waals surface area contributed by atoms with Gasteiger partial charge in [0, 0.05) is 12.7 Å². The number of benzene rings is 1. The van der Waals surface area contributed by atoms with E-state index in [0.29, 0.717) is 6.54 Å². The van der Waals surface area contributed by atoms with Crippen molar-refractivity contribution in [1.29, 1.82) is 0 Å². The first-order valence-corrected chi connectivity index (χ1v) is 7.33. The molecular weight excluding hydrogens is 283 g/mol. The molecule has 0 unspecified atom stereocenters. The highest BCUT2D eigenvalue weighted by Gasteiger charge is 2.09. The first-order chi connectivity index (χ1) is 10.7. The van der Waals surface area contributed by atoms with E-state index in [1.54, 1.807) is 18.2 Å². The monoisotopic (exact) mass is 302 g/mol. The minimum Gasteiger partial charge on any atom is -0.351 e. The van der Waals surface area contributed by atoms with Gasteiger partial charge in [-0.3, -0.25) is 4.79 Å². The molecule has 22 heavy (non-hydrogen) atoms. The molecule has 2 rings (SSSR count). The highest BCUT2D eigenvalue weighted by atomic mass is 19.1. The molecule has 1 aromatic heterocycles. The summed E-state index contributed by atoms with van der Waals surface area (Å²) in [6.07, 6.45) is 4.58. The molecule has 0 saturated heterocycles. The van der Waals surface area contributed by atoms with Crippen LogP contribution in [0.2, 0.25) is 0 Å². The van der Waals surface area contributed by atoms with Gasteiger partial charge in [0.2, 0.25) is 5.95 Å². The molecular formula is C16H19FN4O. The lowest BCUT2D eigenvalue weighted by Gasteiger charge is -2.07. The summed E-state index contributed by atoms with van der Waals surface area (Å²) >= 11 is 0. The molecule has 0 aliphatic rings. The van der Waals surface area contributed by atoms with Gasteiger partial charge in [-0.1, -0.05) is 31.9 Å². The summed E-state index contributed by atoms with van der Waals surface area (Å²) in [5.74, 6) is -0.470. The van der Waals surface area contributed by atoms with Crippen LogP contribution in [0.3, 0.4) is 0 Å². The number of hydrogen-bond donors (Lipinski definition) is 2. The minimum absolute atomic E-state index is 0.186. The molecule has 116 valence electrons. The number of unbranched alkanes of at least 4 members (excludes halogenated alkanes) is 2. The Morgan fingerprint density at radius 3 is 2.82 bits per heavy atom. The third-order valence-electron chi connectivity index (χ3n) is 3.07. The van der Waals surface area contributed by atoms with Gasteiger partial charge in [0.25, 0.3) is 5.91 Å². The molecule has 6 heteroatoms. The normalized spacial score (nSPS) is 10.3. The zero-order valence-corrected chi connectivity index (χ0v) is 12.5. The van der Waals surface area contributed by atoms with E-state index in [2.05, 4.69) is 27.5 Å². The van der Waals surface area contributed by atoms with Gasteiger partial charge in [0.1, 0.15) is 11.5 Å². The number of para-hydroxylation sites is 1. The predicted molar refractivity (Wildman–Crippen MR) is 83.6 cm³/mol. The Balaban J connectivity index is 2.00. The molecule has 0 radical (unpaired) electrons. The molecule has 0 spiro atoms. The second-order valence-corrected chi connectivity index (χ2v) is 4.83. The van der Waals surface area contributed by atoms with Crippen LogP contribution < -0.4 is 10.6 Å². The fourth-order valence-electron chi connectivity index (χ4n) is 1.90. The maximum absolute atomic E-state index is 13.6. The van der Waals surface area contributed by atoms with Crippen molar-refractivity contribution in [2.45, 2.75) is 26.2 Å². The standard InChI is InChI=1S/C16H19FN4O/c1-2-3-6-10-18-15(22)14-9-11-19-16(21-14)20-13-8-5-4-7-12(13)17/h4-5,7-9,11H,2-3,6,10H2,1H3,(H,18,22)(H,19,20,21). The van der Waals surface area contributed by atoms with Crippen molar-refractivity contribution in [3.8, 4) is 0 Å². The van der Waals surface area contributed by atoms with Crippen LogP contribution >= 0.6 is 0 Å².